The van der Waals surface area contributed by atoms with Crippen LogP contribution in [-0.2, 0) is 12.8 Å². The lowest BCUT2D eigenvalue weighted by Crippen LogP contribution is -2.24. The Kier molecular flexibility index (Phi) is 2.66. The van der Waals surface area contributed by atoms with E-state index < -0.39 is 0 Å². The highest BCUT2D eigenvalue weighted by Crippen LogP contribution is 2.45. The second-order valence-electron chi connectivity index (χ2n) is 5.76. The monoisotopic (exact) mass is 231 g/mol. The summed E-state index contributed by atoms with van der Waals surface area (Å²) in [5, 5.41) is 0. The molecule has 2 aliphatic carbocycles. The number of hydrogen-bond acceptors (Lipinski definition) is 3. The number of aromatic nitrogens is 2. The Labute approximate surface area is 103 Å². The molecule has 0 bridgehead atoms. The Balaban J connectivity index is 1.92. The number of hydrogen-bond donors (Lipinski definition) is 1. The first-order valence-corrected chi connectivity index (χ1v) is 6.75. The number of rotatable bonds is 2. The summed E-state index contributed by atoms with van der Waals surface area (Å²) in [6.45, 7) is 5.21. The Morgan fingerprint density at radius 1 is 1.35 bits per heavy atom. The zero-order valence-electron chi connectivity index (χ0n) is 10.7. The summed E-state index contributed by atoms with van der Waals surface area (Å²) < 4.78 is 0. The normalized spacial score (nSPS) is 31.1. The first-order valence-electron chi connectivity index (χ1n) is 6.75. The fraction of sp³-hybridized carbons (Fsp3) is 0.714. The van der Waals surface area contributed by atoms with E-state index in [1.165, 1.54) is 29.8 Å². The van der Waals surface area contributed by atoms with Crippen LogP contribution in [0.15, 0.2) is 0 Å². The number of aryl methyl sites for hydroxylation is 2. The molecule has 2 N–H and O–H groups in total. The van der Waals surface area contributed by atoms with Gasteiger partial charge < -0.3 is 5.73 Å². The zero-order valence-corrected chi connectivity index (χ0v) is 10.7. The quantitative estimate of drug-likeness (QED) is 0.846. The molecule has 0 saturated heterocycles. The van der Waals surface area contributed by atoms with Gasteiger partial charge in [0.2, 0.25) is 0 Å². The summed E-state index contributed by atoms with van der Waals surface area (Å²) in [7, 11) is 0. The van der Waals surface area contributed by atoms with E-state index in [0.29, 0.717) is 11.8 Å². The van der Waals surface area contributed by atoms with E-state index in [0.717, 1.165) is 31.1 Å². The van der Waals surface area contributed by atoms with Crippen molar-refractivity contribution < 1.29 is 0 Å². The van der Waals surface area contributed by atoms with Crippen LogP contribution >= 0.6 is 0 Å². The molecule has 1 heterocycles. The zero-order chi connectivity index (χ0) is 12.0. The van der Waals surface area contributed by atoms with Crippen molar-refractivity contribution in [1.82, 2.24) is 9.97 Å². The van der Waals surface area contributed by atoms with E-state index in [1.807, 2.05) is 0 Å². The Bertz CT molecular complexity index is 441. The van der Waals surface area contributed by atoms with Crippen molar-refractivity contribution in [2.24, 2.45) is 17.6 Å². The van der Waals surface area contributed by atoms with Crippen LogP contribution in [0.25, 0.3) is 0 Å². The van der Waals surface area contributed by atoms with Crippen LogP contribution in [0, 0.1) is 18.8 Å². The van der Waals surface area contributed by atoms with Crippen LogP contribution in [0.2, 0.25) is 0 Å². The van der Waals surface area contributed by atoms with E-state index in [2.05, 4.69) is 13.8 Å². The molecule has 0 aromatic carbocycles. The average molecular weight is 231 g/mol. The molecular formula is C14H21N3. The third kappa shape index (κ3) is 1.97. The lowest BCUT2D eigenvalue weighted by Gasteiger charge is -2.24. The molecule has 3 rings (SSSR count). The summed E-state index contributed by atoms with van der Waals surface area (Å²) in [4.78, 5) is 9.52. The van der Waals surface area contributed by atoms with E-state index in [1.54, 1.807) is 0 Å². The minimum Gasteiger partial charge on any atom is -0.330 e. The molecule has 1 aromatic rings. The van der Waals surface area contributed by atoms with Crippen molar-refractivity contribution in [3.8, 4) is 0 Å². The first kappa shape index (κ1) is 11.1. The van der Waals surface area contributed by atoms with Crippen LogP contribution in [0.1, 0.15) is 48.5 Å². The molecule has 17 heavy (non-hydrogen) atoms. The third-order valence-corrected chi connectivity index (χ3v) is 4.37. The van der Waals surface area contributed by atoms with E-state index in [-0.39, 0.29) is 0 Å². The number of nitrogens with zero attached hydrogens (tertiary/aromatic N) is 2. The molecule has 3 atom stereocenters. The van der Waals surface area contributed by atoms with Crippen LogP contribution in [-0.4, -0.2) is 16.5 Å². The van der Waals surface area contributed by atoms with Crippen LogP contribution < -0.4 is 5.73 Å². The van der Waals surface area contributed by atoms with Gasteiger partial charge in [0.05, 0.1) is 0 Å². The molecule has 92 valence electrons. The minimum atomic E-state index is 0.631. The predicted molar refractivity (Wildman–Crippen MR) is 67.9 cm³/mol. The number of nitrogens with two attached hydrogens (primary N) is 1. The van der Waals surface area contributed by atoms with Gasteiger partial charge in [0, 0.05) is 17.3 Å². The Morgan fingerprint density at radius 3 is 2.76 bits per heavy atom. The van der Waals surface area contributed by atoms with Crippen molar-refractivity contribution in [2.75, 3.05) is 6.54 Å². The van der Waals surface area contributed by atoms with Crippen molar-refractivity contribution in [3.05, 3.63) is 22.8 Å². The number of fused-ring (bicyclic) bond motifs is 1. The van der Waals surface area contributed by atoms with Crippen molar-refractivity contribution in [2.45, 2.75) is 45.4 Å². The van der Waals surface area contributed by atoms with Gasteiger partial charge in [-0.2, -0.15) is 0 Å². The molecule has 0 spiro atoms. The van der Waals surface area contributed by atoms with Gasteiger partial charge in [0.15, 0.2) is 0 Å². The Hall–Kier alpha value is -0.960. The molecule has 1 aromatic heterocycles. The van der Waals surface area contributed by atoms with Crippen LogP contribution in [0.3, 0.4) is 0 Å². The van der Waals surface area contributed by atoms with E-state index >= 15 is 0 Å². The fourth-order valence-electron chi connectivity index (χ4n) is 2.93. The predicted octanol–water partition coefficient (Wildman–Crippen LogP) is 1.97. The summed E-state index contributed by atoms with van der Waals surface area (Å²) in [6.07, 6.45) is 4.64. The first-order chi connectivity index (χ1) is 8.19. The third-order valence-electron chi connectivity index (χ3n) is 4.37. The van der Waals surface area contributed by atoms with Gasteiger partial charge in [-0.05, 0) is 56.6 Å². The van der Waals surface area contributed by atoms with E-state index in [9.17, 15) is 0 Å². The fourth-order valence-corrected chi connectivity index (χ4v) is 2.93. The molecule has 1 fully saturated rings. The molecule has 2 aliphatic rings. The highest BCUT2D eigenvalue weighted by atomic mass is 14.9. The largest absolute Gasteiger partial charge is 0.330 e. The standard InChI is InChI=1S/C14H21N3/c1-8-5-11(8)14-16-9(2)12-6-10(7-15)3-4-13(12)17-14/h8,10-11H,3-7,15H2,1-2H3. The van der Waals surface area contributed by atoms with Crippen LogP contribution in [0.4, 0.5) is 0 Å². The summed E-state index contributed by atoms with van der Waals surface area (Å²) in [6, 6.07) is 0. The maximum absolute atomic E-state index is 5.78. The van der Waals surface area contributed by atoms with Gasteiger partial charge in [-0.1, -0.05) is 6.92 Å². The van der Waals surface area contributed by atoms with E-state index in [4.69, 9.17) is 15.7 Å². The molecule has 0 radical (unpaired) electrons. The molecular weight excluding hydrogens is 210 g/mol. The van der Waals surface area contributed by atoms with Gasteiger partial charge in [0.1, 0.15) is 5.82 Å². The maximum Gasteiger partial charge on any atom is 0.132 e. The summed E-state index contributed by atoms with van der Waals surface area (Å²) >= 11 is 0. The molecule has 0 amide bonds. The lowest BCUT2D eigenvalue weighted by molar-refractivity contribution is 0.458. The highest BCUT2D eigenvalue weighted by molar-refractivity contribution is 5.30. The second kappa shape index (κ2) is 4.05. The van der Waals surface area contributed by atoms with Gasteiger partial charge >= 0.3 is 0 Å². The van der Waals surface area contributed by atoms with Gasteiger partial charge in [-0.25, -0.2) is 9.97 Å². The van der Waals surface area contributed by atoms with Crippen LogP contribution in [0.5, 0.6) is 0 Å². The SMILES string of the molecule is Cc1nc(C2CC2C)nc2c1CC(CN)CC2. The van der Waals surface area contributed by atoms with Gasteiger partial charge in [-0.15, -0.1) is 0 Å². The molecule has 1 saturated carbocycles. The molecule has 3 nitrogen and oxygen atoms in total. The highest BCUT2D eigenvalue weighted by Gasteiger charge is 2.37. The summed E-state index contributed by atoms with van der Waals surface area (Å²) in [5.74, 6) is 3.15. The average Bonchev–Trinajstić information content (AvgIpc) is 3.06. The van der Waals surface area contributed by atoms with Crippen molar-refractivity contribution in [1.29, 1.82) is 0 Å². The topological polar surface area (TPSA) is 51.8 Å². The van der Waals surface area contributed by atoms with Gasteiger partial charge in [0.25, 0.3) is 0 Å². The van der Waals surface area contributed by atoms with Gasteiger partial charge in [-0.3, -0.25) is 0 Å². The maximum atomic E-state index is 5.78. The Morgan fingerprint density at radius 2 is 2.12 bits per heavy atom. The molecule has 3 heteroatoms. The van der Waals surface area contributed by atoms with Crippen molar-refractivity contribution in [3.63, 3.8) is 0 Å². The second-order valence-corrected chi connectivity index (χ2v) is 5.76. The summed E-state index contributed by atoms with van der Waals surface area (Å²) in [5.41, 5.74) is 9.65. The lowest BCUT2D eigenvalue weighted by atomic mass is 9.86. The van der Waals surface area contributed by atoms with Crippen molar-refractivity contribution >= 4 is 0 Å². The molecule has 3 unspecified atom stereocenters. The smallest absolute Gasteiger partial charge is 0.132 e. The molecule has 0 aliphatic heterocycles. The minimum absolute atomic E-state index is 0.631.